The van der Waals surface area contributed by atoms with Crippen LogP contribution in [0.4, 0.5) is 0 Å². The molecule has 30 heavy (non-hydrogen) atoms. The van der Waals surface area contributed by atoms with Crippen LogP contribution in [0.25, 0.3) is 17.3 Å². The van der Waals surface area contributed by atoms with E-state index in [9.17, 15) is 10.1 Å². The number of methoxy groups -OCH3 is 1. The second-order valence-electron chi connectivity index (χ2n) is 7.15. The standard InChI is InChI=1S/C24H24N4O2/c1-17(2)26-24(29)20(14-25)12-21-16-28(15-18-8-5-4-6-9-18)27-23(21)19-10-7-11-22(13-19)30-3/h4-13,16-17H,15H2,1-3H3,(H,26,29)/b20-12+. The quantitative estimate of drug-likeness (QED) is 0.479. The van der Waals surface area contributed by atoms with E-state index in [1.54, 1.807) is 13.2 Å². The lowest BCUT2D eigenvalue weighted by atomic mass is 10.1. The van der Waals surface area contributed by atoms with Crippen molar-refractivity contribution in [3.05, 3.63) is 77.5 Å². The van der Waals surface area contributed by atoms with Crippen molar-refractivity contribution in [1.82, 2.24) is 15.1 Å². The monoisotopic (exact) mass is 400 g/mol. The third-order valence-electron chi connectivity index (χ3n) is 4.41. The number of nitrogens with zero attached hydrogens (tertiary/aromatic N) is 3. The fraction of sp³-hybridized carbons (Fsp3) is 0.208. The number of nitriles is 1. The third kappa shape index (κ3) is 5.15. The van der Waals surface area contributed by atoms with Crippen LogP contribution in [0.2, 0.25) is 0 Å². The van der Waals surface area contributed by atoms with E-state index in [1.807, 2.05) is 85.4 Å². The number of ether oxygens (including phenoxy) is 1. The van der Waals surface area contributed by atoms with Crippen molar-refractivity contribution >= 4 is 12.0 Å². The van der Waals surface area contributed by atoms with E-state index in [-0.39, 0.29) is 11.6 Å². The molecule has 0 bridgehead atoms. The molecule has 0 aliphatic carbocycles. The lowest BCUT2D eigenvalue weighted by molar-refractivity contribution is -0.117. The number of hydrogen-bond acceptors (Lipinski definition) is 4. The maximum absolute atomic E-state index is 12.4. The molecule has 1 amide bonds. The Hall–Kier alpha value is -3.85. The number of amides is 1. The van der Waals surface area contributed by atoms with Crippen molar-refractivity contribution in [1.29, 1.82) is 5.26 Å². The number of benzene rings is 2. The first-order chi connectivity index (χ1) is 14.5. The van der Waals surface area contributed by atoms with E-state index in [1.165, 1.54) is 0 Å². The molecule has 1 heterocycles. The largest absolute Gasteiger partial charge is 0.497 e. The Morgan fingerprint density at radius 3 is 2.67 bits per heavy atom. The molecule has 152 valence electrons. The minimum absolute atomic E-state index is 0.0344. The van der Waals surface area contributed by atoms with Crippen molar-refractivity contribution < 1.29 is 9.53 Å². The van der Waals surface area contributed by atoms with E-state index in [4.69, 9.17) is 9.84 Å². The highest BCUT2D eigenvalue weighted by atomic mass is 16.5. The SMILES string of the molecule is COc1cccc(-c2nn(Cc3ccccc3)cc2/C=C(\C#N)C(=O)NC(C)C)c1. The van der Waals surface area contributed by atoms with Gasteiger partial charge >= 0.3 is 0 Å². The summed E-state index contributed by atoms with van der Waals surface area (Å²) in [5.74, 6) is 0.304. The Balaban J connectivity index is 2.06. The number of rotatable bonds is 7. The molecule has 1 N–H and O–H groups in total. The van der Waals surface area contributed by atoms with Crippen LogP contribution in [0.15, 0.2) is 66.4 Å². The van der Waals surface area contributed by atoms with E-state index in [0.29, 0.717) is 23.6 Å². The first-order valence-corrected chi connectivity index (χ1v) is 9.68. The van der Waals surface area contributed by atoms with Crippen molar-refractivity contribution in [2.45, 2.75) is 26.4 Å². The molecule has 0 saturated carbocycles. The van der Waals surface area contributed by atoms with Gasteiger partial charge in [-0.15, -0.1) is 0 Å². The highest BCUT2D eigenvalue weighted by Crippen LogP contribution is 2.27. The number of carbonyl (C=O) groups is 1. The van der Waals surface area contributed by atoms with Crippen molar-refractivity contribution in [2.75, 3.05) is 7.11 Å². The molecule has 1 aromatic heterocycles. The third-order valence-corrected chi connectivity index (χ3v) is 4.41. The van der Waals surface area contributed by atoms with Gasteiger partial charge in [-0.2, -0.15) is 10.4 Å². The molecule has 3 rings (SSSR count). The average molecular weight is 400 g/mol. The zero-order valence-corrected chi connectivity index (χ0v) is 17.3. The maximum atomic E-state index is 12.4. The van der Waals surface area contributed by atoms with E-state index in [2.05, 4.69) is 5.32 Å². The molecule has 0 radical (unpaired) electrons. The van der Waals surface area contributed by atoms with Gasteiger partial charge < -0.3 is 10.1 Å². The maximum Gasteiger partial charge on any atom is 0.262 e. The van der Waals surface area contributed by atoms with E-state index < -0.39 is 5.91 Å². The summed E-state index contributed by atoms with van der Waals surface area (Å²) in [6.07, 6.45) is 3.43. The van der Waals surface area contributed by atoms with Crippen LogP contribution in [0.1, 0.15) is 25.0 Å². The summed E-state index contributed by atoms with van der Waals surface area (Å²) in [5, 5.41) is 17.0. The van der Waals surface area contributed by atoms with Crippen LogP contribution < -0.4 is 10.1 Å². The Labute approximate surface area is 176 Å². The molecule has 6 heteroatoms. The summed E-state index contributed by atoms with van der Waals surface area (Å²) in [6, 6.07) is 19.5. The van der Waals surface area contributed by atoms with Gasteiger partial charge in [0.05, 0.1) is 19.3 Å². The first kappa shape index (κ1) is 20.9. The summed E-state index contributed by atoms with van der Waals surface area (Å²) in [4.78, 5) is 12.4. The zero-order valence-electron chi connectivity index (χ0n) is 17.3. The van der Waals surface area contributed by atoms with Gasteiger partial charge in [-0.1, -0.05) is 42.5 Å². The van der Waals surface area contributed by atoms with Crippen LogP contribution in [0.5, 0.6) is 5.75 Å². The fourth-order valence-corrected chi connectivity index (χ4v) is 3.03. The normalized spacial score (nSPS) is 11.2. The number of aromatic nitrogens is 2. The summed E-state index contributed by atoms with van der Waals surface area (Å²) in [6.45, 7) is 4.28. The van der Waals surface area contributed by atoms with Crippen molar-refractivity contribution in [3.63, 3.8) is 0 Å². The van der Waals surface area contributed by atoms with Gasteiger partial charge in [0.1, 0.15) is 17.4 Å². The Kier molecular flexibility index (Phi) is 6.66. The van der Waals surface area contributed by atoms with Crippen molar-refractivity contribution in [2.24, 2.45) is 0 Å². The van der Waals surface area contributed by atoms with Gasteiger partial charge in [0.15, 0.2) is 0 Å². The molecule has 3 aromatic rings. The van der Waals surface area contributed by atoms with Gasteiger partial charge in [-0.25, -0.2) is 0 Å². The van der Waals surface area contributed by atoms with Crippen LogP contribution in [-0.4, -0.2) is 28.8 Å². The molecule has 2 aromatic carbocycles. The van der Waals surface area contributed by atoms with Crippen LogP contribution in [0.3, 0.4) is 0 Å². The summed E-state index contributed by atoms with van der Waals surface area (Å²) < 4.78 is 7.15. The van der Waals surface area contributed by atoms with Crippen LogP contribution >= 0.6 is 0 Å². The lowest BCUT2D eigenvalue weighted by Crippen LogP contribution is -2.30. The van der Waals surface area contributed by atoms with E-state index in [0.717, 1.165) is 11.1 Å². The number of carbonyl (C=O) groups excluding carboxylic acids is 1. The molecular formula is C24H24N4O2. The summed E-state index contributed by atoms with van der Waals surface area (Å²) in [5.41, 5.74) is 3.34. The Morgan fingerprint density at radius 1 is 1.23 bits per heavy atom. The molecular weight excluding hydrogens is 376 g/mol. The lowest BCUT2D eigenvalue weighted by Gasteiger charge is -2.07. The molecule has 6 nitrogen and oxygen atoms in total. The fourth-order valence-electron chi connectivity index (χ4n) is 3.03. The van der Waals surface area contributed by atoms with Gasteiger partial charge in [-0.3, -0.25) is 9.48 Å². The minimum atomic E-state index is -0.403. The highest BCUT2D eigenvalue weighted by molar-refractivity contribution is 6.02. The van der Waals surface area contributed by atoms with Gasteiger partial charge in [0.2, 0.25) is 0 Å². The summed E-state index contributed by atoms with van der Waals surface area (Å²) in [7, 11) is 1.61. The van der Waals surface area contributed by atoms with Gasteiger partial charge in [-0.05, 0) is 37.6 Å². The highest BCUT2D eigenvalue weighted by Gasteiger charge is 2.15. The molecule has 0 aliphatic heterocycles. The van der Waals surface area contributed by atoms with Gasteiger partial charge in [0.25, 0.3) is 5.91 Å². The predicted molar refractivity (Wildman–Crippen MR) is 117 cm³/mol. The Morgan fingerprint density at radius 2 is 2.00 bits per heavy atom. The molecule has 0 spiro atoms. The molecule has 0 atom stereocenters. The zero-order chi connectivity index (χ0) is 21.5. The number of nitrogens with one attached hydrogen (secondary N) is 1. The van der Waals surface area contributed by atoms with E-state index >= 15 is 0 Å². The van der Waals surface area contributed by atoms with Gasteiger partial charge in [0, 0.05) is 23.4 Å². The molecule has 0 saturated heterocycles. The molecule has 0 fully saturated rings. The average Bonchev–Trinajstić information content (AvgIpc) is 3.14. The van der Waals surface area contributed by atoms with Crippen LogP contribution in [0, 0.1) is 11.3 Å². The van der Waals surface area contributed by atoms with Crippen molar-refractivity contribution in [3.8, 4) is 23.1 Å². The van der Waals surface area contributed by atoms with Crippen LogP contribution in [-0.2, 0) is 11.3 Å². The number of hydrogen-bond donors (Lipinski definition) is 1. The first-order valence-electron chi connectivity index (χ1n) is 9.68. The second kappa shape index (κ2) is 9.57. The Bertz CT molecular complexity index is 1090. The predicted octanol–water partition coefficient (Wildman–Crippen LogP) is 4.04. The molecule has 0 aliphatic rings. The minimum Gasteiger partial charge on any atom is -0.497 e. The second-order valence-corrected chi connectivity index (χ2v) is 7.15. The summed E-state index contributed by atoms with van der Waals surface area (Å²) >= 11 is 0. The topological polar surface area (TPSA) is 79.9 Å². The molecule has 0 unspecified atom stereocenters. The smallest absolute Gasteiger partial charge is 0.262 e.